The molecule has 1 atom stereocenters. The molecule has 1 aromatic heterocycles. The summed E-state index contributed by atoms with van der Waals surface area (Å²) < 4.78 is 51.0. The van der Waals surface area contributed by atoms with Crippen molar-refractivity contribution < 1.29 is 22.7 Å². The molecule has 0 aliphatic carbocycles. The van der Waals surface area contributed by atoms with Crippen LogP contribution in [-0.4, -0.2) is 15.1 Å². The number of benzene rings is 1. The van der Waals surface area contributed by atoms with E-state index in [4.69, 9.17) is 0 Å². The highest BCUT2D eigenvalue weighted by Crippen LogP contribution is 2.33. The fraction of sp³-hybridized carbons (Fsp3) is 0.231. The van der Waals surface area contributed by atoms with Gasteiger partial charge in [-0.3, -0.25) is 0 Å². The number of hydrogen-bond donors (Lipinski definition) is 1. The van der Waals surface area contributed by atoms with Crippen LogP contribution < -0.4 is 0 Å². The molecule has 20 heavy (non-hydrogen) atoms. The van der Waals surface area contributed by atoms with Crippen molar-refractivity contribution in [3.8, 4) is 0 Å². The lowest BCUT2D eigenvalue weighted by atomic mass is 10.0. The van der Waals surface area contributed by atoms with Crippen molar-refractivity contribution in [3.05, 3.63) is 58.9 Å². The van der Waals surface area contributed by atoms with Crippen LogP contribution in [0.4, 0.5) is 17.6 Å². The van der Waals surface area contributed by atoms with Crippen LogP contribution >= 0.6 is 0 Å². The number of aliphatic hydroxyl groups excluding tert-OH is 1. The van der Waals surface area contributed by atoms with E-state index in [1.807, 2.05) is 0 Å². The Morgan fingerprint density at radius 1 is 1.20 bits per heavy atom. The first-order chi connectivity index (χ1) is 9.29. The smallest absolute Gasteiger partial charge is 0.382 e. The van der Waals surface area contributed by atoms with E-state index in [9.17, 15) is 22.7 Å². The Morgan fingerprint density at radius 3 is 2.50 bits per heavy atom. The molecule has 0 amide bonds. The number of aliphatic hydroxyl groups is 1. The first kappa shape index (κ1) is 14.4. The first-order valence-corrected chi connectivity index (χ1v) is 5.63. The van der Waals surface area contributed by atoms with Crippen molar-refractivity contribution in [2.75, 3.05) is 0 Å². The molecule has 1 heterocycles. The summed E-state index contributed by atoms with van der Waals surface area (Å²) in [6.45, 7) is 1.59. The number of aryl methyl sites for hydroxylation is 1. The van der Waals surface area contributed by atoms with E-state index in [2.05, 4.69) is 9.97 Å². The molecule has 0 fully saturated rings. The molecule has 0 saturated heterocycles. The van der Waals surface area contributed by atoms with Crippen LogP contribution in [0, 0.1) is 12.7 Å². The lowest BCUT2D eigenvalue weighted by Gasteiger charge is -2.14. The maximum atomic E-state index is 13.2. The van der Waals surface area contributed by atoms with Crippen LogP contribution in [0.25, 0.3) is 0 Å². The van der Waals surface area contributed by atoms with Crippen LogP contribution in [-0.2, 0) is 6.18 Å². The van der Waals surface area contributed by atoms with Crippen LogP contribution in [0.2, 0.25) is 0 Å². The molecule has 0 spiro atoms. The summed E-state index contributed by atoms with van der Waals surface area (Å²) in [4.78, 5) is 7.75. The standard InChI is InChI=1S/C13H10F4N2O/c1-7-18-5-4-11(19-7)12(20)8-2-3-10(14)9(6-8)13(15,16)17/h2-6,12,20H,1H3. The van der Waals surface area contributed by atoms with Crippen molar-refractivity contribution in [2.24, 2.45) is 0 Å². The van der Waals surface area contributed by atoms with Gasteiger partial charge in [-0.2, -0.15) is 13.2 Å². The van der Waals surface area contributed by atoms with Gasteiger partial charge in [0.05, 0.1) is 11.3 Å². The van der Waals surface area contributed by atoms with Crippen LogP contribution in [0.1, 0.15) is 28.7 Å². The van der Waals surface area contributed by atoms with Crippen molar-refractivity contribution in [2.45, 2.75) is 19.2 Å². The van der Waals surface area contributed by atoms with Gasteiger partial charge in [0.2, 0.25) is 0 Å². The molecular weight excluding hydrogens is 276 g/mol. The summed E-state index contributed by atoms with van der Waals surface area (Å²) in [5.74, 6) is -1.01. The van der Waals surface area contributed by atoms with E-state index < -0.39 is 23.7 Å². The quantitative estimate of drug-likeness (QED) is 0.863. The van der Waals surface area contributed by atoms with Crippen molar-refractivity contribution in [3.63, 3.8) is 0 Å². The number of hydrogen-bond acceptors (Lipinski definition) is 3. The predicted molar refractivity (Wildman–Crippen MR) is 62.2 cm³/mol. The molecule has 3 nitrogen and oxygen atoms in total. The van der Waals surface area contributed by atoms with E-state index in [1.54, 1.807) is 6.92 Å². The lowest BCUT2D eigenvalue weighted by Crippen LogP contribution is -2.11. The lowest BCUT2D eigenvalue weighted by molar-refractivity contribution is -0.140. The third-order valence-electron chi connectivity index (χ3n) is 2.69. The third-order valence-corrected chi connectivity index (χ3v) is 2.69. The Kier molecular flexibility index (Phi) is 3.71. The van der Waals surface area contributed by atoms with E-state index in [1.165, 1.54) is 12.3 Å². The maximum absolute atomic E-state index is 13.2. The average Bonchev–Trinajstić information content (AvgIpc) is 2.37. The van der Waals surface area contributed by atoms with Crippen LogP contribution in [0.3, 0.4) is 0 Å². The fourth-order valence-electron chi connectivity index (χ4n) is 1.73. The summed E-state index contributed by atoms with van der Waals surface area (Å²) in [6.07, 6.45) is -4.81. The van der Waals surface area contributed by atoms with Gasteiger partial charge in [-0.15, -0.1) is 0 Å². The molecule has 0 aliphatic heterocycles. The minimum atomic E-state index is -4.82. The molecule has 0 saturated carbocycles. The van der Waals surface area contributed by atoms with Crippen molar-refractivity contribution in [1.29, 1.82) is 0 Å². The Hall–Kier alpha value is -2.02. The van der Waals surface area contributed by atoms with Gasteiger partial charge < -0.3 is 5.11 Å². The second-order valence-corrected chi connectivity index (χ2v) is 4.17. The van der Waals surface area contributed by atoms with Gasteiger partial charge in [0.1, 0.15) is 17.7 Å². The number of alkyl halides is 3. The van der Waals surface area contributed by atoms with E-state index in [0.717, 1.165) is 6.07 Å². The van der Waals surface area contributed by atoms with Crippen molar-refractivity contribution >= 4 is 0 Å². The van der Waals surface area contributed by atoms with Crippen LogP contribution in [0.5, 0.6) is 0 Å². The zero-order valence-electron chi connectivity index (χ0n) is 10.3. The number of rotatable bonds is 2. The number of halogens is 4. The Bertz CT molecular complexity index is 628. The molecule has 7 heteroatoms. The predicted octanol–water partition coefficient (Wildman–Crippen LogP) is 3.02. The molecule has 1 N–H and O–H groups in total. The Morgan fingerprint density at radius 2 is 1.90 bits per heavy atom. The van der Waals surface area contributed by atoms with Gasteiger partial charge in [0.25, 0.3) is 0 Å². The van der Waals surface area contributed by atoms with Gasteiger partial charge in [-0.05, 0) is 30.7 Å². The molecular formula is C13H10F4N2O. The first-order valence-electron chi connectivity index (χ1n) is 5.63. The molecule has 2 rings (SSSR count). The largest absolute Gasteiger partial charge is 0.419 e. The number of nitrogens with zero attached hydrogens (tertiary/aromatic N) is 2. The monoisotopic (exact) mass is 286 g/mol. The highest BCUT2D eigenvalue weighted by molar-refractivity contribution is 5.32. The van der Waals surface area contributed by atoms with Gasteiger partial charge in [-0.1, -0.05) is 6.07 Å². The molecule has 2 aromatic rings. The normalized spacial score (nSPS) is 13.3. The Labute approximate surface area is 111 Å². The Balaban J connectivity index is 2.43. The maximum Gasteiger partial charge on any atom is 0.419 e. The SMILES string of the molecule is Cc1nccc(C(O)c2ccc(F)c(C(F)(F)F)c2)n1. The van der Waals surface area contributed by atoms with Gasteiger partial charge in [-0.25, -0.2) is 14.4 Å². The molecule has 106 valence electrons. The van der Waals surface area contributed by atoms with Gasteiger partial charge >= 0.3 is 6.18 Å². The summed E-state index contributed by atoms with van der Waals surface area (Å²) in [5, 5.41) is 10.0. The van der Waals surface area contributed by atoms with E-state index >= 15 is 0 Å². The number of aromatic nitrogens is 2. The zero-order chi connectivity index (χ0) is 14.9. The summed E-state index contributed by atoms with van der Waals surface area (Å²) in [6, 6.07) is 3.73. The zero-order valence-corrected chi connectivity index (χ0v) is 10.3. The second-order valence-electron chi connectivity index (χ2n) is 4.17. The minimum absolute atomic E-state index is 0.0863. The van der Waals surface area contributed by atoms with E-state index in [0.29, 0.717) is 18.0 Å². The third kappa shape index (κ3) is 2.93. The fourth-order valence-corrected chi connectivity index (χ4v) is 1.73. The molecule has 1 aromatic carbocycles. The molecule has 1 unspecified atom stereocenters. The summed E-state index contributed by atoms with van der Waals surface area (Å²) >= 11 is 0. The highest BCUT2D eigenvalue weighted by atomic mass is 19.4. The average molecular weight is 286 g/mol. The van der Waals surface area contributed by atoms with E-state index in [-0.39, 0.29) is 11.3 Å². The molecule has 0 aliphatic rings. The van der Waals surface area contributed by atoms with Crippen molar-refractivity contribution in [1.82, 2.24) is 9.97 Å². The van der Waals surface area contributed by atoms with Gasteiger partial charge in [0.15, 0.2) is 0 Å². The summed E-state index contributed by atoms with van der Waals surface area (Å²) in [7, 11) is 0. The molecule has 0 radical (unpaired) electrons. The topological polar surface area (TPSA) is 46.0 Å². The van der Waals surface area contributed by atoms with Crippen LogP contribution in [0.15, 0.2) is 30.5 Å². The molecule has 0 bridgehead atoms. The minimum Gasteiger partial charge on any atom is -0.382 e. The van der Waals surface area contributed by atoms with Gasteiger partial charge in [0, 0.05) is 6.20 Å². The summed E-state index contributed by atoms with van der Waals surface area (Å²) in [5.41, 5.74) is -1.35. The highest BCUT2D eigenvalue weighted by Gasteiger charge is 2.34. The second kappa shape index (κ2) is 5.16.